The third kappa shape index (κ3) is 2.40. The van der Waals surface area contributed by atoms with Crippen LogP contribution in [0.4, 0.5) is 0 Å². The van der Waals surface area contributed by atoms with Crippen LogP contribution in [-0.2, 0) is 5.54 Å². The van der Waals surface area contributed by atoms with Gasteiger partial charge in [-0.2, -0.15) is 0 Å². The van der Waals surface area contributed by atoms with Crippen LogP contribution < -0.4 is 5.73 Å². The molecule has 1 aromatic heterocycles. The van der Waals surface area contributed by atoms with E-state index in [9.17, 15) is 0 Å². The number of hydrogen-bond acceptors (Lipinski definition) is 2. The van der Waals surface area contributed by atoms with Gasteiger partial charge in [-0.1, -0.05) is 29.3 Å². The lowest BCUT2D eigenvalue weighted by Crippen LogP contribution is -2.41. The van der Waals surface area contributed by atoms with Gasteiger partial charge >= 0.3 is 0 Å². The van der Waals surface area contributed by atoms with Gasteiger partial charge in [0, 0.05) is 4.47 Å². The highest BCUT2D eigenvalue weighted by molar-refractivity contribution is 9.10. The Kier molecular flexibility index (Phi) is 3.63. The Morgan fingerprint density at radius 2 is 2.10 bits per heavy atom. The second-order valence-corrected chi connectivity index (χ2v) is 7.13. The van der Waals surface area contributed by atoms with Crippen molar-refractivity contribution in [2.45, 2.75) is 51.5 Å². The summed E-state index contributed by atoms with van der Waals surface area (Å²) < 4.78 is 1.08. The van der Waals surface area contributed by atoms with E-state index >= 15 is 0 Å². The van der Waals surface area contributed by atoms with Crippen molar-refractivity contribution in [1.29, 1.82) is 0 Å². The maximum atomic E-state index is 6.64. The van der Waals surface area contributed by atoms with E-state index in [0.717, 1.165) is 40.1 Å². The SMILES string of the molecule is CCC1CCC(N)(c2nc3c(C)cc(Br)cc3[nH]2)CC1. The third-order valence-corrected chi connectivity index (χ3v) is 5.25. The summed E-state index contributed by atoms with van der Waals surface area (Å²) in [5.41, 5.74) is 9.68. The lowest BCUT2D eigenvalue weighted by molar-refractivity contribution is 0.223. The molecule has 3 rings (SSSR count). The monoisotopic (exact) mass is 335 g/mol. The number of fused-ring (bicyclic) bond motifs is 1. The Labute approximate surface area is 128 Å². The number of hydrogen-bond donors (Lipinski definition) is 2. The normalized spacial score (nSPS) is 27.1. The molecule has 0 bridgehead atoms. The van der Waals surface area contributed by atoms with Crippen LogP contribution in [0.15, 0.2) is 16.6 Å². The van der Waals surface area contributed by atoms with Crippen molar-refractivity contribution in [3.05, 3.63) is 28.0 Å². The molecule has 0 aliphatic heterocycles. The largest absolute Gasteiger partial charge is 0.340 e. The van der Waals surface area contributed by atoms with Crippen LogP contribution in [0.5, 0.6) is 0 Å². The van der Waals surface area contributed by atoms with Gasteiger partial charge in [0.25, 0.3) is 0 Å². The Bertz CT molecular complexity index is 624. The molecule has 1 aliphatic carbocycles. The predicted octanol–water partition coefficient (Wildman–Crippen LogP) is 4.39. The molecule has 0 atom stereocenters. The van der Waals surface area contributed by atoms with E-state index < -0.39 is 0 Å². The predicted molar refractivity (Wildman–Crippen MR) is 86.6 cm³/mol. The number of nitrogens with zero attached hydrogens (tertiary/aromatic N) is 1. The van der Waals surface area contributed by atoms with E-state index in [2.05, 4.69) is 46.9 Å². The van der Waals surface area contributed by atoms with Crippen molar-refractivity contribution in [3.8, 4) is 0 Å². The average molecular weight is 336 g/mol. The number of halogens is 1. The van der Waals surface area contributed by atoms with Gasteiger partial charge in [0.2, 0.25) is 0 Å². The third-order valence-electron chi connectivity index (χ3n) is 4.79. The van der Waals surface area contributed by atoms with Crippen LogP contribution in [0.3, 0.4) is 0 Å². The first-order valence-electron chi connectivity index (χ1n) is 7.47. The van der Waals surface area contributed by atoms with Gasteiger partial charge in [0.15, 0.2) is 0 Å². The van der Waals surface area contributed by atoms with Gasteiger partial charge < -0.3 is 10.7 Å². The fraction of sp³-hybridized carbons (Fsp3) is 0.562. The van der Waals surface area contributed by atoms with Crippen molar-refractivity contribution in [2.24, 2.45) is 11.7 Å². The molecule has 0 unspecified atom stereocenters. The molecular formula is C16H22BrN3. The number of rotatable bonds is 2. The Morgan fingerprint density at radius 3 is 2.75 bits per heavy atom. The molecule has 1 fully saturated rings. The van der Waals surface area contributed by atoms with E-state index in [1.54, 1.807) is 0 Å². The van der Waals surface area contributed by atoms with Crippen LogP contribution >= 0.6 is 15.9 Å². The van der Waals surface area contributed by atoms with Crippen molar-refractivity contribution in [1.82, 2.24) is 9.97 Å². The quantitative estimate of drug-likeness (QED) is 0.855. The number of aryl methyl sites for hydroxylation is 1. The number of aromatic nitrogens is 2. The van der Waals surface area contributed by atoms with Crippen molar-refractivity contribution >= 4 is 27.0 Å². The number of nitrogens with one attached hydrogen (secondary N) is 1. The first-order valence-corrected chi connectivity index (χ1v) is 8.26. The summed E-state index contributed by atoms with van der Waals surface area (Å²) in [4.78, 5) is 8.25. The molecular weight excluding hydrogens is 314 g/mol. The zero-order chi connectivity index (χ0) is 14.3. The van der Waals surface area contributed by atoms with Gasteiger partial charge in [0.1, 0.15) is 5.82 Å². The summed E-state index contributed by atoms with van der Waals surface area (Å²) in [5, 5.41) is 0. The zero-order valence-electron chi connectivity index (χ0n) is 12.2. The molecule has 0 saturated heterocycles. The highest BCUT2D eigenvalue weighted by Gasteiger charge is 2.35. The highest BCUT2D eigenvalue weighted by atomic mass is 79.9. The molecule has 4 heteroatoms. The Balaban J connectivity index is 1.96. The second-order valence-electron chi connectivity index (χ2n) is 6.21. The lowest BCUT2D eigenvalue weighted by Gasteiger charge is -2.35. The van der Waals surface area contributed by atoms with Crippen LogP contribution in [0.1, 0.15) is 50.4 Å². The molecule has 1 aromatic carbocycles. The zero-order valence-corrected chi connectivity index (χ0v) is 13.8. The fourth-order valence-electron chi connectivity index (χ4n) is 3.32. The van der Waals surface area contributed by atoms with E-state index in [1.165, 1.54) is 24.8 Å². The topological polar surface area (TPSA) is 54.7 Å². The van der Waals surface area contributed by atoms with Crippen LogP contribution in [-0.4, -0.2) is 9.97 Å². The van der Waals surface area contributed by atoms with Crippen LogP contribution in [0.2, 0.25) is 0 Å². The van der Waals surface area contributed by atoms with Crippen LogP contribution in [0.25, 0.3) is 11.0 Å². The van der Waals surface area contributed by atoms with Crippen molar-refractivity contribution in [3.63, 3.8) is 0 Å². The van der Waals surface area contributed by atoms with Gasteiger partial charge in [0.05, 0.1) is 16.6 Å². The molecule has 20 heavy (non-hydrogen) atoms. The first-order chi connectivity index (χ1) is 9.51. The molecule has 0 spiro atoms. The fourth-order valence-corrected chi connectivity index (χ4v) is 3.89. The van der Waals surface area contributed by atoms with Gasteiger partial charge in [-0.15, -0.1) is 0 Å². The van der Waals surface area contributed by atoms with Crippen molar-refractivity contribution < 1.29 is 0 Å². The van der Waals surface area contributed by atoms with Gasteiger partial charge in [-0.3, -0.25) is 0 Å². The van der Waals surface area contributed by atoms with E-state index in [-0.39, 0.29) is 5.54 Å². The smallest absolute Gasteiger partial charge is 0.127 e. The van der Waals surface area contributed by atoms with E-state index in [0.29, 0.717) is 0 Å². The summed E-state index contributed by atoms with van der Waals surface area (Å²) in [6, 6.07) is 4.18. The summed E-state index contributed by atoms with van der Waals surface area (Å²) >= 11 is 3.54. The minimum Gasteiger partial charge on any atom is -0.340 e. The summed E-state index contributed by atoms with van der Waals surface area (Å²) in [6.45, 7) is 4.37. The van der Waals surface area contributed by atoms with Crippen molar-refractivity contribution in [2.75, 3.05) is 0 Å². The first kappa shape index (κ1) is 14.1. The van der Waals surface area contributed by atoms with E-state index in [1.807, 2.05) is 0 Å². The van der Waals surface area contributed by atoms with Gasteiger partial charge in [-0.05, 0) is 56.2 Å². The summed E-state index contributed by atoms with van der Waals surface area (Å²) in [6.07, 6.45) is 5.76. The van der Waals surface area contributed by atoms with Crippen LogP contribution in [0, 0.1) is 12.8 Å². The maximum Gasteiger partial charge on any atom is 0.127 e. The molecule has 108 valence electrons. The standard InChI is InChI=1S/C16H22BrN3/c1-3-11-4-6-16(18,7-5-11)15-19-13-9-12(17)8-10(2)14(13)20-15/h8-9,11H,3-7,18H2,1-2H3,(H,19,20). The molecule has 3 N–H and O–H groups in total. The molecule has 0 radical (unpaired) electrons. The molecule has 3 nitrogen and oxygen atoms in total. The van der Waals surface area contributed by atoms with Gasteiger partial charge in [-0.25, -0.2) is 4.98 Å². The Morgan fingerprint density at radius 1 is 1.40 bits per heavy atom. The molecule has 0 amide bonds. The molecule has 2 aromatic rings. The molecule has 1 heterocycles. The summed E-state index contributed by atoms with van der Waals surface area (Å²) in [5.74, 6) is 1.80. The molecule has 1 saturated carbocycles. The minimum atomic E-state index is -0.274. The highest BCUT2D eigenvalue weighted by Crippen LogP contribution is 2.38. The Hall–Kier alpha value is -0.870. The number of imidazole rings is 1. The molecule has 1 aliphatic rings. The second kappa shape index (κ2) is 5.15. The minimum absolute atomic E-state index is 0.274. The summed E-state index contributed by atoms with van der Waals surface area (Å²) in [7, 11) is 0. The number of H-pyrrole nitrogens is 1. The average Bonchev–Trinajstić information content (AvgIpc) is 2.84. The number of benzene rings is 1. The maximum absolute atomic E-state index is 6.64. The number of aromatic amines is 1. The van der Waals surface area contributed by atoms with E-state index in [4.69, 9.17) is 10.7 Å². The number of nitrogens with two attached hydrogens (primary N) is 1. The lowest BCUT2D eigenvalue weighted by atomic mass is 9.76.